The molecule has 7 unspecified atom stereocenters. The second kappa shape index (κ2) is 64.2. The van der Waals surface area contributed by atoms with Crippen LogP contribution in [0.1, 0.15) is 354 Å². The molecule has 504 valence electrons. The van der Waals surface area contributed by atoms with Gasteiger partial charge in [0.2, 0.25) is 5.91 Å². The number of aliphatic hydroxyl groups excluding tert-OH is 5. The summed E-state index contributed by atoms with van der Waals surface area (Å²) in [5, 5.41) is 54.2. The summed E-state index contributed by atoms with van der Waals surface area (Å²) in [7, 11) is 0. The van der Waals surface area contributed by atoms with Crippen LogP contribution in [0.25, 0.3) is 0 Å². The molecule has 11 heteroatoms. The topological polar surface area (TPSA) is 175 Å². The van der Waals surface area contributed by atoms with Gasteiger partial charge in [-0.2, -0.15) is 0 Å². The number of esters is 1. The number of amides is 1. The average molecular weight is 1210 g/mol. The first kappa shape index (κ1) is 81.6. The Kier molecular flexibility index (Phi) is 60.9. The van der Waals surface area contributed by atoms with Gasteiger partial charge >= 0.3 is 5.97 Å². The molecule has 0 aromatic rings. The molecular weight excluding hydrogens is 1070 g/mol. The van der Waals surface area contributed by atoms with Crippen LogP contribution in [0.3, 0.4) is 0 Å². The third-order valence-corrected chi connectivity index (χ3v) is 17.5. The molecule has 0 aromatic heterocycles. The number of hydrogen-bond acceptors (Lipinski definition) is 10. The molecule has 6 N–H and O–H groups in total. The Hall–Kier alpha value is -2.38. The van der Waals surface area contributed by atoms with Crippen molar-refractivity contribution < 1.29 is 49.3 Å². The van der Waals surface area contributed by atoms with Crippen molar-refractivity contribution in [3.63, 3.8) is 0 Å². The van der Waals surface area contributed by atoms with E-state index in [2.05, 4.69) is 42.6 Å². The van der Waals surface area contributed by atoms with Crippen molar-refractivity contribution in [1.29, 1.82) is 0 Å². The predicted octanol–water partition coefficient (Wildman–Crippen LogP) is 19.1. The van der Waals surface area contributed by atoms with Gasteiger partial charge in [0.1, 0.15) is 24.4 Å². The Morgan fingerprint density at radius 3 is 1.22 bits per heavy atom. The van der Waals surface area contributed by atoms with E-state index in [0.29, 0.717) is 19.4 Å². The summed E-state index contributed by atoms with van der Waals surface area (Å²) < 4.78 is 16.7. The molecule has 1 aliphatic rings. The van der Waals surface area contributed by atoms with Crippen LogP contribution < -0.4 is 5.32 Å². The number of allylic oxidation sites excluding steroid dienone is 7. The van der Waals surface area contributed by atoms with Crippen molar-refractivity contribution in [3.05, 3.63) is 48.6 Å². The van der Waals surface area contributed by atoms with Gasteiger partial charge in [-0.25, -0.2) is 0 Å². The Bertz CT molecular complexity index is 1570. The van der Waals surface area contributed by atoms with Crippen molar-refractivity contribution in [2.24, 2.45) is 0 Å². The highest BCUT2D eigenvalue weighted by Gasteiger charge is 2.44. The van der Waals surface area contributed by atoms with Crippen molar-refractivity contribution in [2.45, 2.75) is 397 Å². The molecule has 1 fully saturated rings. The van der Waals surface area contributed by atoms with E-state index in [0.717, 1.165) is 57.8 Å². The van der Waals surface area contributed by atoms with Gasteiger partial charge in [-0.3, -0.25) is 9.59 Å². The number of carbonyl (C=O) groups excluding carboxylic acids is 2. The van der Waals surface area contributed by atoms with Crippen LogP contribution in [0.2, 0.25) is 0 Å². The van der Waals surface area contributed by atoms with Crippen molar-refractivity contribution in [1.82, 2.24) is 5.32 Å². The van der Waals surface area contributed by atoms with Crippen LogP contribution >= 0.6 is 0 Å². The number of nitrogens with one attached hydrogen (secondary N) is 1. The van der Waals surface area contributed by atoms with Crippen molar-refractivity contribution in [2.75, 3.05) is 19.8 Å². The number of ether oxygens (including phenoxy) is 3. The molecule has 0 aromatic carbocycles. The Balaban J connectivity index is 1.88. The summed E-state index contributed by atoms with van der Waals surface area (Å²) in [6.07, 6.45) is 74.5. The smallest absolute Gasteiger partial charge is 0.305 e. The highest BCUT2D eigenvalue weighted by atomic mass is 16.7. The quantitative estimate of drug-likeness (QED) is 0.0195. The molecular formula is C75H139NO10. The Morgan fingerprint density at radius 2 is 0.802 bits per heavy atom. The van der Waals surface area contributed by atoms with E-state index in [1.165, 1.54) is 270 Å². The highest BCUT2D eigenvalue weighted by Crippen LogP contribution is 2.23. The van der Waals surface area contributed by atoms with E-state index in [-0.39, 0.29) is 18.5 Å². The lowest BCUT2D eigenvalue weighted by molar-refractivity contribution is -0.302. The highest BCUT2D eigenvalue weighted by molar-refractivity contribution is 5.76. The maximum Gasteiger partial charge on any atom is 0.305 e. The van der Waals surface area contributed by atoms with Crippen molar-refractivity contribution >= 4 is 11.9 Å². The average Bonchev–Trinajstić information content (AvgIpc) is 3.70. The lowest BCUT2D eigenvalue weighted by atomic mass is 9.99. The zero-order valence-corrected chi connectivity index (χ0v) is 56.0. The number of aliphatic hydroxyl groups is 5. The first-order valence-electron chi connectivity index (χ1n) is 36.9. The first-order valence-corrected chi connectivity index (χ1v) is 36.9. The summed E-state index contributed by atoms with van der Waals surface area (Å²) in [5.74, 6) is -0.182. The van der Waals surface area contributed by atoms with Crippen LogP contribution in [0.4, 0.5) is 0 Å². The zero-order chi connectivity index (χ0) is 62.3. The van der Waals surface area contributed by atoms with Gasteiger partial charge in [-0.15, -0.1) is 0 Å². The molecule has 0 radical (unpaired) electrons. The molecule has 1 rings (SSSR count). The first-order chi connectivity index (χ1) is 42.2. The zero-order valence-electron chi connectivity index (χ0n) is 56.0. The molecule has 1 heterocycles. The molecule has 7 atom stereocenters. The molecule has 0 saturated carbocycles. The van der Waals surface area contributed by atoms with E-state index in [9.17, 15) is 35.1 Å². The van der Waals surface area contributed by atoms with Gasteiger partial charge in [-0.05, 0) is 77.6 Å². The van der Waals surface area contributed by atoms with Crippen molar-refractivity contribution in [3.8, 4) is 0 Å². The number of hydrogen-bond donors (Lipinski definition) is 6. The van der Waals surface area contributed by atoms with E-state index in [1.54, 1.807) is 6.08 Å². The van der Waals surface area contributed by atoms with Crippen LogP contribution in [-0.2, 0) is 23.8 Å². The maximum atomic E-state index is 13.0. The lowest BCUT2D eigenvalue weighted by Gasteiger charge is -2.40. The number of rotatable bonds is 65. The molecule has 0 bridgehead atoms. The van der Waals surface area contributed by atoms with Gasteiger partial charge < -0.3 is 45.1 Å². The maximum absolute atomic E-state index is 13.0. The number of carbonyl (C=O) groups is 2. The second-order valence-corrected chi connectivity index (χ2v) is 25.6. The largest absolute Gasteiger partial charge is 0.466 e. The minimum Gasteiger partial charge on any atom is -0.466 e. The lowest BCUT2D eigenvalue weighted by Crippen LogP contribution is -2.60. The minimum atomic E-state index is -1.58. The van der Waals surface area contributed by atoms with Gasteiger partial charge in [0, 0.05) is 12.8 Å². The molecule has 1 aliphatic heterocycles. The summed E-state index contributed by atoms with van der Waals surface area (Å²) in [6, 6.07) is -0.832. The third kappa shape index (κ3) is 52.4. The molecule has 0 spiro atoms. The predicted molar refractivity (Wildman–Crippen MR) is 361 cm³/mol. The van der Waals surface area contributed by atoms with Crippen LogP contribution in [0, 0.1) is 0 Å². The summed E-state index contributed by atoms with van der Waals surface area (Å²) in [5.41, 5.74) is 0. The molecule has 86 heavy (non-hydrogen) atoms. The van der Waals surface area contributed by atoms with Gasteiger partial charge in [-0.1, -0.05) is 312 Å². The van der Waals surface area contributed by atoms with Gasteiger partial charge in [0.15, 0.2) is 6.29 Å². The SMILES string of the molecule is C/C=C/CC/C=C/CC/C=C/C(O)C(COC1OC(CO)C(O)C(O)C1O)NC(=O)CCCCCCCCCCCCCCCCCC/C=C\CCCCCCCCCCCCCCOC(=O)CCCCCCCCCCCCCCCCCCC. The molecule has 1 amide bonds. The Labute approximate surface area is 529 Å². The van der Waals surface area contributed by atoms with Crippen LogP contribution in [0.5, 0.6) is 0 Å². The fraction of sp³-hybridized carbons (Fsp3) is 0.867. The monoisotopic (exact) mass is 1210 g/mol. The molecule has 1 saturated heterocycles. The third-order valence-electron chi connectivity index (χ3n) is 17.5. The van der Waals surface area contributed by atoms with E-state index >= 15 is 0 Å². The minimum absolute atomic E-state index is 0.0144. The molecule has 11 nitrogen and oxygen atoms in total. The fourth-order valence-corrected chi connectivity index (χ4v) is 11.7. The summed E-state index contributed by atoms with van der Waals surface area (Å²) in [6.45, 7) is 4.13. The number of unbranched alkanes of at least 4 members (excludes halogenated alkanes) is 46. The second-order valence-electron chi connectivity index (χ2n) is 25.6. The van der Waals surface area contributed by atoms with Gasteiger partial charge in [0.25, 0.3) is 0 Å². The van der Waals surface area contributed by atoms with E-state index in [4.69, 9.17) is 14.2 Å². The summed E-state index contributed by atoms with van der Waals surface area (Å²) in [4.78, 5) is 25.1. The fourth-order valence-electron chi connectivity index (χ4n) is 11.7. The normalized spacial score (nSPS) is 18.2. The Morgan fingerprint density at radius 1 is 0.442 bits per heavy atom. The van der Waals surface area contributed by atoms with E-state index in [1.807, 2.05) is 19.1 Å². The van der Waals surface area contributed by atoms with Gasteiger partial charge in [0.05, 0.1) is 32.0 Å². The standard InChI is InChI=1S/C75H139NO10/c1-3-5-7-9-11-13-14-15-16-33-37-40-43-47-51-55-59-63-71(80)84-64-60-56-52-48-44-41-38-35-32-30-28-26-24-22-20-18-17-19-21-23-25-27-29-31-34-36-39-42-46-50-54-58-62-70(79)76-67(68(78)61-57-53-49-45-12-10-8-6-4-2)66-85-75-74(83)73(82)72(81)69(65-77)86-75/h4,6,12,20,22,45,57,61,67-69,72-75,77-78,81-83H,3,5,7-11,13-19,21,23-44,46-56,58-60,62-66H2,1-2H3,(H,76,79)/b6-4+,22-20-,45-12+,61-57+. The van der Waals surface area contributed by atoms with Crippen LogP contribution in [0.15, 0.2) is 48.6 Å². The summed E-state index contributed by atoms with van der Waals surface area (Å²) >= 11 is 0. The van der Waals surface area contributed by atoms with E-state index < -0.39 is 49.5 Å². The molecule has 0 aliphatic carbocycles. The van der Waals surface area contributed by atoms with Crippen LogP contribution in [-0.4, -0.2) is 100 Å².